The normalized spacial score (nSPS) is 15.4. The van der Waals surface area contributed by atoms with E-state index in [0.29, 0.717) is 12.5 Å². The van der Waals surface area contributed by atoms with Crippen molar-refractivity contribution in [1.29, 1.82) is 0 Å². The fourth-order valence-electron chi connectivity index (χ4n) is 2.08. The number of ether oxygens (including phenoxy) is 1. The minimum atomic E-state index is -0.872. The van der Waals surface area contributed by atoms with E-state index in [-0.39, 0.29) is 24.8 Å². The van der Waals surface area contributed by atoms with Crippen LogP contribution >= 0.6 is 0 Å². The lowest BCUT2D eigenvalue weighted by Gasteiger charge is -2.16. The quantitative estimate of drug-likeness (QED) is 0.760. The van der Waals surface area contributed by atoms with E-state index in [0.717, 1.165) is 18.6 Å². The van der Waals surface area contributed by atoms with Crippen molar-refractivity contribution in [3.8, 4) is 5.75 Å². The number of amides is 1. The lowest BCUT2D eigenvalue weighted by molar-refractivity contribution is -0.137. The monoisotopic (exact) mass is 277 g/mol. The number of carboxylic acid groups (broad SMARTS) is 1. The van der Waals surface area contributed by atoms with Crippen LogP contribution in [-0.2, 0) is 9.59 Å². The number of para-hydroxylation sites is 1. The molecule has 0 heterocycles. The highest BCUT2D eigenvalue weighted by molar-refractivity contribution is 5.77. The summed E-state index contributed by atoms with van der Waals surface area (Å²) in [6.07, 6.45) is 2.23. The zero-order valence-corrected chi connectivity index (χ0v) is 11.2. The Balaban J connectivity index is 1.70. The van der Waals surface area contributed by atoms with Gasteiger partial charge in [0.25, 0.3) is 0 Å². The van der Waals surface area contributed by atoms with Crippen molar-refractivity contribution in [3.05, 3.63) is 30.3 Å². The fraction of sp³-hybridized carbons (Fsp3) is 0.467. The Morgan fingerprint density at radius 1 is 1.30 bits per heavy atom. The van der Waals surface area contributed by atoms with Crippen LogP contribution in [0.2, 0.25) is 0 Å². The van der Waals surface area contributed by atoms with Crippen LogP contribution in [0.15, 0.2) is 30.3 Å². The van der Waals surface area contributed by atoms with E-state index in [4.69, 9.17) is 9.84 Å². The fourth-order valence-corrected chi connectivity index (χ4v) is 2.08. The Hall–Kier alpha value is -2.04. The predicted octanol–water partition coefficient (Wildman–Crippen LogP) is 1.82. The molecule has 5 nitrogen and oxygen atoms in total. The van der Waals surface area contributed by atoms with Crippen molar-refractivity contribution in [3.63, 3.8) is 0 Å². The molecular formula is C15H19NO4. The van der Waals surface area contributed by atoms with E-state index in [2.05, 4.69) is 5.32 Å². The third kappa shape index (κ3) is 4.91. The average Bonchev–Trinajstić information content (AvgIpc) is 3.23. The van der Waals surface area contributed by atoms with E-state index < -0.39 is 5.97 Å². The zero-order valence-electron chi connectivity index (χ0n) is 11.2. The van der Waals surface area contributed by atoms with E-state index in [1.54, 1.807) is 0 Å². The van der Waals surface area contributed by atoms with Crippen LogP contribution in [0.5, 0.6) is 5.75 Å². The molecular weight excluding hydrogens is 258 g/mol. The van der Waals surface area contributed by atoms with Gasteiger partial charge in [0.05, 0.1) is 19.4 Å². The molecule has 0 bridgehead atoms. The van der Waals surface area contributed by atoms with Crippen LogP contribution in [-0.4, -0.2) is 29.6 Å². The molecule has 1 unspecified atom stereocenters. The maximum atomic E-state index is 11.8. The van der Waals surface area contributed by atoms with E-state index in [1.807, 2.05) is 30.3 Å². The minimum Gasteiger partial charge on any atom is -0.493 e. The Morgan fingerprint density at radius 2 is 2.00 bits per heavy atom. The summed E-state index contributed by atoms with van der Waals surface area (Å²) in [4.78, 5) is 22.5. The van der Waals surface area contributed by atoms with Gasteiger partial charge in [-0.05, 0) is 30.9 Å². The number of carbonyl (C=O) groups is 2. The smallest absolute Gasteiger partial charge is 0.305 e. The van der Waals surface area contributed by atoms with Crippen LogP contribution in [0.4, 0.5) is 0 Å². The molecule has 2 N–H and O–H groups in total. The molecule has 1 aliphatic rings. The first kappa shape index (κ1) is 14.4. The highest BCUT2D eigenvalue weighted by Gasteiger charge is 2.33. The third-order valence-corrected chi connectivity index (χ3v) is 3.27. The number of benzene rings is 1. The van der Waals surface area contributed by atoms with Crippen molar-refractivity contribution in [1.82, 2.24) is 5.32 Å². The lowest BCUT2D eigenvalue weighted by Crippen LogP contribution is -2.38. The topological polar surface area (TPSA) is 75.6 Å². The van der Waals surface area contributed by atoms with Gasteiger partial charge in [0, 0.05) is 6.04 Å². The predicted molar refractivity (Wildman–Crippen MR) is 73.5 cm³/mol. The molecule has 5 heteroatoms. The van der Waals surface area contributed by atoms with Gasteiger partial charge in [-0.3, -0.25) is 9.59 Å². The van der Waals surface area contributed by atoms with Crippen LogP contribution in [0.1, 0.15) is 25.7 Å². The molecule has 0 spiro atoms. The number of rotatable bonds is 8. The Bertz CT molecular complexity index is 456. The van der Waals surface area contributed by atoms with Crippen molar-refractivity contribution < 1.29 is 19.4 Å². The highest BCUT2D eigenvalue weighted by atomic mass is 16.5. The summed E-state index contributed by atoms with van der Waals surface area (Å²) < 4.78 is 5.44. The Kier molecular flexibility index (Phi) is 4.98. The molecule has 1 amide bonds. The highest BCUT2D eigenvalue weighted by Crippen LogP contribution is 2.34. The van der Waals surface area contributed by atoms with Gasteiger partial charge < -0.3 is 15.2 Å². The maximum absolute atomic E-state index is 11.8. The van der Waals surface area contributed by atoms with E-state index in [1.165, 1.54) is 0 Å². The second kappa shape index (κ2) is 6.93. The maximum Gasteiger partial charge on any atom is 0.305 e. The van der Waals surface area contributed by atoms with Crippen LogP contribution < -0.4 is 10.1 Å². The second-order valence-corrected chi connectivity index (χ2v) is 5.02. The first-order valence-electron chi connectivity index (χ1n) is 6.84. The van der Waals surface area contributed by atoms with Gasteiger partial charge in [-0.25, -0.2) is 0 Å². The van der Waals surface area contributed by atoms with Gasteiger partial charge in [0.2, 0.25) is 5.91 Å². The molecule has 108 valence electrons. The van der Waals surface area contributed by atoms with Crippen LogP contribution in [0.25, 0.3) is 0 Å². The average molecular weight is 277 g/mol. The van der Waals surface area contributed by atoms with Crippen LogP contribution in [0, 0.1) is 5.92 Å². The van der Waals surface area contributed by atoms with Gasteiger partial charge in [-0.2, -0.15) is 0 Å². The third-order valence-electron chi connectivity index (χ3n) is 3.27. The number of hydrogen-bond donors (Lipinski definition) is 2. The van der Waals surface area contributed by atoms with Gasteiger partial charge in [-0.1, -0.05) is 18.2 Å². The standard InChI is InChI=1S/C15H19NO4/c17-14(8-9-20-12-4-2-1-3-5-12)16-13(10-15(18)19)11-6-7-11/h1-5,11,13H,6-10H2,(H,16,17)(H,18,19). The van der Waals surface area contributed by atoms with Gasteiger partial charge in [-0.15, -0.1) is 0 Å². The van der Waals surface area contributed by atoms with Crippen LogP contribution in [0.3, 0.4) is 0 Å². The molecule has 0 saturated heterocycles. The first-order valence-corrected chi connectivity index (χ1v) is 6.84. The zero-order chi connectivity index (χ0) is 14.4. The summed E-state index contributed by atoms with van der Waals surface area (Å²) in [5.41, 5.74) is 0. The van der Waals surface area contributed by atoms with E-state index in [9.17, 15) is 9.59 Å². The van der Waals surface area contributed by atoms with E-state index >= 15 is 0 Å². The summed E-state index contributed by atoms with van der Waals surface area (Å²) in [5, 5.41) is 11.6. The minimum absolute atomic E-state index is 0.00402. The molecule has 0 aromatic heterocycles. The van der Waals surface area contributed by atoms with Gasteiger partial charge in [0.15, 0.2) is 0 Å². The summed E-state index contributed by atoms with van der Waals surface area (Å²) in [6, 6.07) is 9.05. The Labute approximate surface area is 117 Å². The number of carboxylic acids is 1. The van der Waals surface area contributed by atoms with Crippen molar-refractivity contribution in [2.75, 3.05) is 6.61 Å². The SMILES string of the molecule is O=C(O)CC(NC(=O)CCOc1ccccc1)C1CC1. The molecule has 2 rings (SSSR count). The lowest BCUT2D eigenvalue weighted by atomic mass is 10.1. The summed E-state index contributed by atoms with van der Waals surface area (Å²) >= 11 is 0. The largest absolute Gasteiger partial charge is 0.493 e. The van der Waals surface area contributed by atoms with Crippen molar-refractivity contribution in [2.24, 2.45) is 5.92 Å². The molecule has 1 aliphatic carbocycles. The Morgan fingerprint density at radius 3 is 2.60 bits per heavy atom. The number of hydrogen-bond acceptors (Lipinski definition) is 3. The molecule has 1 saturated carbocycles. The summed E-state index contributed by atoms with van der Waals surface area (Å²) in [7, 11) is 0. The molecule has 0 radical (unpaired) electrons. The van der Waals surface area contributed by atoms with Gasteiger partial charge >= 0.3 is 5.97 Å². The number of carbonyl (C=O) groups excluding carboxylic acids is 1. The molecule has 1 aromatic carbocycles. The van der Waals surface area contributed by atoms with Crippen molar-refractivity contribution in [2.45, 2.75) is 31.7 Å². The number of nitrogens with one attached hydrogen (secondary N) is 1. The summed E-state index contributed by atoms with van der Waals surface area (Å²) in [6.45, 7) is 0.292. The summed E-state index contributed by atoms with van der Waals surface area (Å²) in [5.74, 6) is 0.0245. The molecule has 0 aliphatic heterocycles. The molecule has 1 aromatic rings. The molecule has 1 atom stereocenters. The molecule has 1 fully saturated rings. The first-order chi connectivity index (χ1) is 9.65. The number of aliphatic carboxylic acids is 1. The second-order valence-electron chi connectivity index (χ2n) is 5.02. The van der Waals surface area contributed by atoms with Gasteiger partial charge in [0.1, 0.15) is 5.75 Å². The molecule has 20 heavy (non-hydrogen) atoms. The van der Waals surface area contributed by atoms with Crippen molar-refractivity contribution >= 4 is 11.9 Å².